The van der Waals surface area contributed by atoms with Gasteiger partial charge in [0.05, 0.1) is 12.2 Å². The molecule has 0 spiro atoms. The van der Waals surface area contributed by atoms with Gasteiger partial charge >= 0.3 is 5.97 Å². The molecule has 0 saturated carbocycles. The number of rotatable bonds is 9. The third kappa shape index (κ3) is 7.82. The number of thiocarbonyl (C=S) groups is 1. The molecule has 7 heteroatoms. The van der Waals surface area contributed by atoms with E-state index in [1.54, 1.807) is 19.1 Å². The highest BCUT2D eigenvalue weighted by molar-refractivity contribution is 7.80. The summed E-state index contributed by atoms with van der Waals surface area (Å²) in [5, 5.41) is 7.00. The van der Waals surface area contributed by atoms with Crippen LogP contribution in [0.4, 0.5) is 5.69 Å². The van der Waals surface area contributed by atoms with Gasteiger partial charge in [0.15, 0.2) is 5.11 Å². The van der Waals surface area contributed by atoms with E-state index in [1.807, 2.05) is 12.1 Å². The summed E-state index contributed by atoms with van der Waals surface area (Å²) < 4.78 is 4.98. The first kappa shape index (κ1) is 21.6. The number of carbonyl (C=O) groups excluding carboxylic acids is 1. The zero-order chi connectivity index (χ0) is 19.5. The molecule has 2 rings (SSSR count). The van der Waals surface area contributed by atoms with Crippen LogP contribution in [0.3, 0.4) is 0 Å². The molecule has 1 aromatic carbocycles. The van der Waals surface area contributed by atoms with E-state index in [4.69, 9.17) is 17.0 Å². The van der Waals surface area contributed by atoms with Gasteiger partial charge in [-0.25, -0.2) is 4.79 Å². The Morgan fingerprint density at radius 1 is 1.07 bits per heavy atom. The number of esters is 1. The van der Waals surface area contributed by atoms with Crippen molar-refractivity contribution in [2.75, 3.05) is 57.7 Å². The normalized spacial score (nSPS) is 15.3. The van der Waals surface area contributed by atoms with Gasteiger partial charge in [-0.2, -0.15) is 0 Å². The largest absolute Gasteiger partial charge is 0.462 e. The summed E-state index contributed by atoms with van der Waals surface area (Å²) in [7, 11) is 0. The molecule has 1 aromatic rings. The van der Waals surface area contributed by atoms with E-state index < -0.39 is 0 Å². The van der Waals surface area contributed by atoms with E-state index in [0.717, 1.165) is 38.3 Å². The molecule has 150 valence electrons. The molecule has 1 heterocycles. The van der Waals surface area contributed by atoms with Gasteiger partial charge in [-0.05, 0) is 69.3 Å². The molecule has 0 aliphatic carbocycles. The number of hydrogen-bond donors (Lipinski definition) is 2. The van der Waals surface area contributed by atoms with Crippen LogP contribution in [0, 0.1) is 0 Å². The average Bonchev–Trinajstić information content (AvgIpc) is 2.67. The first-order chi connectivity index (χ1) is 13.1. The van der Waals surface area contributed by atoms with Crippen molar-refractivity contribution in [3.05, 3.63) is 29.8 Å². The van der Waals surface area contributed by atoms with E-state index in [9.17, 15) is 4.79 Å². The molecular formula is C20H32N4O2S. The van der Waals surface area contributed by atoms with E-state index >= 15 is 0 Å². The minimum Gasteiger partial charge on any atom is -0.462 e. The Kier molecular flexibility index (Phi) is 9.52. The molecule has 0 bridgehead atoms. The molecule has 1 aliphatic rings. The topological polar surface area (TPSA) is 56.8 Å². The molecule has 0 aromatic heterocycles. The summed E-state index contributed by atoms with van der Waals surface area (Å²) in [4.78, 5) is 16.7. The van der Waals surface area contributed by atoms with Crippen LogP contribution in [-0.4, -0.2) is 73.3 Å². The highest BCUT2D eigenvalue weighted by Gasteiger charge is 2.15. The van der Waals surface area contributed by atoms with Crippen molar-refractivity contribution in [3.63, 3.8) is 0 Å². The van der Waals surface area contributed by atoms with Crippen molar-refractivity contribution >= 4 is 29.0 Å². The van der Waals surface area contributed by atoms with Gasteiger partial charge in [-0.1, -0.05) is 6.92 Å². The fourth-order valence-corrected chi connectivity index (χ4v) is 3.36. The molecule has 0 atom stereocenters. The number of piperazine rings is 1. The number of benzene rings is 1. The van der Waals surface area contributed by atoms with E-state index in [-0.39, 0.29) is 5.97 Å². The van der Waals surface area contributed by atoms with Crippen LogP contribution in [0.25, 0.3) is 0 Å². The van der Waals surface area contributed by atoms with E-state index in [1.165, 1.54) is 26.1 Å². The minimum absolute atomic E-state index is 0.305. The van der Waals surface area contributed by atoms with Crippen LogP contribution in [0.5, 0.6) is 0 Å². The van der Waals surface area contributed by atoms with Gasteiger partial charge in [0.25, 0.3) is 0 Å². The molecule has 0 amide bonds. The summed E-state index contributed by atoms with van der Waals surface area (Å²) in [6, 6.07) is 7.13. The molecule has 1 aliphatic heterocycles. The predicted molar refractivity (Wildman–Crippen MR) is 114 cm³/mol. The smallest absolute Gasteiger partial charge is 0.338 e. The van der Waals surface area contributed by atoms with Crippen molar-refractivity contribution in [3.8, 4) is 0 Å². The molecule has 0 radical (unpaired) electrons. The molecular weight excluding hydrogens is 360 g/mol. The lowest BCUT2D eigenvalue weighted by Crippen LogP contribution is -2.47. The lowest BCUT2D eigenvalue weighted by atomic mass is 10.2. The highest BCUT2D eigenvalue weighted by Crippen LogP contribution is 2.10. The van der Waals surface area contributed by atoms with Crippen LogP contribution < -0.4 is 10.6 Å². The van der Waals surface area contributed by atoms with Crippen LogP contribution in [0.15, 0.2) is 24.3 Å². The summed E-state index contributed by atoms with van der Waals surface area (Å²) in [5.74, 6) is -0.305. The molecule has 27 heavy (non-hydrogen) atoms. The second kappa shape index (κ2) is 11.9. The van der Waals surface area contributed by atoms with Gasteiger partial charge in [0.1, 0.15) is 0 Å². The maximum absolute atomic E-state index is 11.6. The number of ether oxygens (including phenoxy) is 1. The standard InChI is InChI=1S/C20H32N4O2S/c1-3-11-23-13-15-24(16-14-23)12-5-10-21-20(27)22-18-8-6-17(7-9-18)19(25)26-4-2/h6-9H,3-5,10-16H2,1-2H3,(H2,21,22,27). The summed E-state index contributed by atoms with van der Waals surface area (Å²) in [6.45, 7) is 12.3. The third-order valence-electron chi connectivity index (χ3n) is 4.60. The SMILES string of the molecule is CCCN1CCN(CCCNC(=S)Nc2ccc(C(=O)OCC)cc2)CC1. The van der Waals surface area contributed by atoms with Crippen molar-refractivity contribution in [2.45, 2.75) is 26.7 Å². The summed E-state index contributed by atoms with van der Waals surface area (Å²) in [6.07, 6.45) is 2.30. The maximum Gasteiger partial charge on any atom is 0.338 e. The maximum atomic E-state index is 11.6. The zero-order valence-corrected chi connectivity index (χ0v) is 17.3. The van der Waals surface area contributed by atoms with Gasteiger partial charge in [-0.3, -0.25) is 0 Å². The van der Waals surface area contributed by atoms with Crippen LogP contribution >= 0.6 is 12.2 Å². The van der Waals surface area contributed by atoms with Gasteiger partial charge in [-0.15, -0.1) is 0 Å². The second-order valence-corrected chi connectivity index (χ2v) is 7.12. The van der Waals surface area contributed by atoms with E-state index in [2.05, 4.69) is 27.4 Å². The number of nitrogens with zero attached hydrogens (tertiary/aromatic N) is 2. The number of carbonyl (C=O) groups is 1. The second-order valence-electron chi connectivity index (χ2n) is 6.72. The monoisotopic (exact) mass is 392 g/mol. The van der Waals surface area contributed by atoms with Crippen LogP contribution in [0.1, 0.15) is 37.0 Å². The minimum atomic E-state index is -0.305. The molecule has 2 N–H and O–H groups in total. The van der Waals surface area contributed by atoms with Crippen molar-refractivity contribution < 1.29 is 9.53 Å². The Hall–Kier alpha value is -1.70. The molecule has 1 fully saturated rings. The van der Waals surface area contributed by atoms with Gasteiger partial charge in [0, 0.05) is 38.4 Å². The van der Waals surface area contributed by atoms with Crippen LogP contribution in [0.2, 0.25) is 0 Å². The van der Waals surface area contributed by atoms with Crippen LogP contribution in [-0.2, 0) is 4.74 Å². The molecule has 6 nitrogen and oxygen atoms in total. The fourth-order valence-electron chi connectivity index (χ4n) is 3.14. The lowest BCUT2D eigenvalue weighted by Gasteiger charge is -2.34. The van der Waals surface area contributed by atoms with E-state index in [0.29, 0.717) is 17.3 Å². The summed E-state index contributed by atoms with van der Waals surface area (Å²) >= 11 is 5.34. The first-order valence-corrected chi connectivity index (χ1v) is 10.3. The quantitative estimate of drug-likeness (QED) is 0.380. The number of hydrogen-bond acceptors (Lipinski definition) is 5. The molecule has 0 unspecified atom stereocenters. The highest BCUT2D eigenvalue weighted by atomic mass is 32.1. The fraction of sp³-hybridized carbons (Fsp3) is 0.600. The Morgan fingerprint density at radius 3 is 2.30 bits per heavy atom. The Labute approximate surface area is 168 Å². The Morgan fingerprint density at radius 2 is 1.70 bits per heavy atom. The summed E-state index contributed by atoms with van der Waals surface area (Å²) in [5.41, 5.74) is 1.40. The lowest BCUT2D eigenvalue weighted by molar-refractivity contribution is 0.0526. The van der Waals surface area contributed by atoms with Crippen molar-refractivity contribution in [1.82, 2.24) is 15.1 Å². The number of anilines is 1. The van der Waals surface area contributed by atoms with Crippen molar-refractivity contribution in [1.29, 1.82) is 0 Å². The van der Waals surface area contributed by atoms with Gasteiger partial charge in [0.2, 0.25) is 0 Å². The Bertz CT molecular complexity index is 586. The predicted octanol–water partition coefficient (Wildman–Crippen LogP) is 2.57. The third-order valence-corrected chi connectivity index (χ3v) is 4.84. The Balaban J connectivity index is 1.60. The van der Waals surface area contributed by atoms with Crippen molar-refractivity contribution in [2.24, 2.45) is 0 Å². The first-order valence-electron chi connectivity index (χ1n) is 9.89. The van der Waals surface area contributed by atoms with Gasteiger partial charge < -0.3 is 25.2 Å². The number of nitrogens with one attached hydrogen (secondary N) is 2. The zero-order valence-electron chi connectivity index (χ0n) is 16.5. The molecule has 1 saturated heterocycles. The average molecular weight is 393 g/mol.